The molecule has 2 aromatic heterocycles. The Labute approximate surface area is 173 Å². The van der Waals surface area contributed by atoms with Crippen LogP contribution in [0.4, 0.5) is 10.1 Å². The van der Waals surface area contributed by atoms with Crippen LogP contribution >= 0.6 is 0 Å². The van der Waals surface area contributed by atoms with Crippen LogP contribution in [0.25, 0.3) is 5.69 Å². The van der Waals surface area contributed by atoms with Gasteiger partial charge in [0.1, 0.15) is 5.69 Å². The summed E-state index contributed by atoms with van der Waals surface area (Å²) in [5.74, 6) is -0.725. The number of likely N-dealkylation sites (tertiary alicyclic amines) is 1. The smallest absolute Gasteiger partial charge is 0.289 e. The molecule has 0 unspecified atom stereocenters. The summed E-state index contributed by atoms with van der Waals surface area (Å²) < 4.78 is 21.3. The van der Waals surface area contributed by atoms with Gasteiger partial charge in [-0.15, -0.1) is 0 Å². The Morgan fingerprint density at radius 2 is 1.93 bits per heavy atom. The molecule has 0 saturated carbocycles. The number of benzene rings is 1. The summed E-state index contributed by atoms with van der Waals surface area (Å²) in [6.07, 6.45) is 2.56. The van der Waals surface area contributed by atoms with Crippen LogP contribution in [0.5, 0.6) is 0 Å². The predicted molar refractivity (Wildman–Crippen MR) is 109 cm³/mol. The topological polar surface area (TPSA) is 80.4 Å². The van der Waals surface area contributed by atoms with Crippen LogP contribution in [-0.2, 0) is 4.79 Å². The van der Waals surface area contributed by atoms with Crippen LogP contribution in [0.2, 0.25) is 0 Å². The summed E-state index contributed by atoms with van der Waals surface area (Å²) in [5.41, 5.74) is 2.38. The molecular weight excluding hydrogens is 387 g/mol. The average Bonchev–Trinajstić information content (AvgIpc) is 3.37. The molecule has 0 atom stereocenters. The Morgan fingerprint density at radius 1 is 1.17 bits per heavy atom. The van der Waals surface area contributed by atoms with E-state index in [9.17, 15) is 14.0 Å². The molecule has 2 amide bonds. The quantitative estimate of drug-likeness (QED) is 0.711. The Morgan fingerprint density at radius 3 is 2.53 bits per heavy atom. The normalized spacial score (nSPS) is 14.7. The van der Waals surface area contributed by atoms with Crippen molar-refractivity contribution in [2.75, 3.05) is 18.4 Å². The van der Waals surface area contributed by atoms with Crippen molar-refractivity contribution >= 4 is 17.5 Å². The summed E-state index contributed by atoms with van der Waals surface area (Å²) in [4.78, 5) is 26.6. The van der Waals surface area contributed by atoms with Gasteiger partial charge in [-0.25, -0.2) is 9.07 Å². The van der Waals surface area contributed by atoms with Gasteiger partial charge in [-0.1, -0.05) is 0 Å². The number of carbonyl (C=O) groups excluding carboxylic acids is 2. The van der Waals surface area contributed by atoms with Gasteiger partial charge in [0.15, 0.2) is 11.6 Å². The second kappa shape index (κ2) is 8.14. The summed E-state index contributed by atoms with van der Waals surface area (Å²) in [6.45, 7) is 4.66. The minimum Gasteiger partial charge on any atom is -0.459 e. The van der Waals surface area contributed by atoms with E-state index in [4.69, 9.17) is 4.42 Å². The molecule has 0 spiro atoms. The zero-order chi connectivity index (χ0) is 21.3. The van der Waals surface area contributed by atoms with Crippen LogP contribution in [0.3, 0.4) is 0 Å². The highest BCUT2D eigenvalue weighted by Crippen LogP contribution is 2.23. The molecule has 3 aromatic rings. The second-order valence-corrected chi connectivity index (χ2v) is 7.54. The van der Waals surface area contributed by atoms with E-state index in [1.165, 1.54) is 12.3 Å². The van der Waals surface area contributed by atoms with Crippen molar-refractivity contribution in [3.8, 4) is 5.69 Å². The lowest BCUT2D eigenvalue weighted by molar-refractivity contribution is -0.121. The van der Waals surface area contributed by atoms with Gasteiger partial charge in [0.05, 0.1) is 12.0 Å². The fraction of sp³-hybridized carbons (Fsp3) is 0.318. The van der Waals surface area contributed by atoms with Crippen molar-refractivity contribution in [3.63, 3.8) is 0 Å². The minimum absolute atomic E-state index is 0.166. The predicted octanol–water partition coefficient (Wildman–Crippen LogP) is 3.71. The molecule has 3 heterocycles. The molecule has 0 radical (unpaired) electrons. The van der Waals surface area contributed by atoms with Crippen molar-refractivity contribution in [2.24, 2.45) is 5.92 Å². The van der Waals surface area contributed by atoms with Gasteiger partial charge in [-0.2, -0.15) is 5.10 Å². The standard InChI is InChI=1S/C22H23FN4O3/c1-14-12-15(2)27(25-14)19-6-5-17(13-18(19)23)24-21(28)16-7-9-26(10-8-16)22(29)20-4-3-11-30-20/h3-6,11-13,16H,7-10H2,1-2H3,(H,24,28). The molecule has 0 aliphatic carbocycles. The van der Waals surface area contributed by atoms with Gasteiger partial charge in [-0.3, -0.25) is 9.59 Å². The first-order chi connectivity index (χ1) is 14.4. The number of rotatable bonds is 4. The van der Waals surface area contributed by atoms with Gasteiger partial charge in [0.25, 0.3) is 5.91 Å². The van der Waals surface area contributed by atoms with Gasteiger partial charge >= 0.3 is 0 Å². The van der Waals surface area contributed by atoms with Crippen molar-refractivity contribution in [1.29, 1.82) is 0 Å². The van der Waals surface area contributed by atoms with E-state index in [1.54, 1.807) is 33.8 Å². The third-order valence-corrected chi connectivity index (χ3v) is 5.34. The lowest BCUT2D eigenvalue weighted by Crippen LogP contribution is -2.41. The molecule has 156 valence electrons. The lowest BCUT2D eigenvalue weighted by atomic mass is 9.95. The van der Waals surface area contributed by atoms with E-state index in [1.807, 2.05) is 19.9 Å². The summed E-state index contributed by atoms with van der Waals surface area (Å²) in [7, 11) is 0. The van der Waals surface area contributed by atoms with E-state index in [0.717, 1.165) is 11.4 Å². The number of halogens is 1. The van der Waals surface area contributed by atoms with E-state index in [0.29, 0.717) is 43.1 Å². The fourth-order valence-corrected chi connectivity index (χ4v) is 3.77. The zero-order valence-electron chi connectivity index (χ0n) is 16.9. The van der Waals surface area contributed by atoms with Crippen molar-refractivity contribution < 1.29 is 18.4 Å². The SMILES string of the molecule is Cc1cc(C)n(-c2ccc(NC(=O)C3CCN(C(=O)c4ccco4)CC3)cc2F)n1. The number of furan rings is 1. The van der Waals surface area contributed by atoms with Gasteiger partial charge in [0.2, 0.25) is 5.91 Å². The minimum atomic E-state index is -0.460. The van der Waals surface area contributed by atoms with Crippen LogP contribution in [0.15, 0.2) is 47.1 Å². The first-order valence-corrected chi connectivity index (χ1v) is 9.89. The second-order valence-electron chi connectivity index (χ2n) is 7.54. The zero-order valence-corrected chi connectivity index (χ0v) is 16.9. The summed E-state index contributed by atoms with van der Waals surface area (Å²) in [5, 5.41) is 7.09. The Kier molecular flexibility index (Phi) is 5.39. The molecule has 4 rings (SSSR count). The van der Waals surface area contributed by atoms with Gasteiger partial charge in [0, 0.05) is 30.4 Å². The Bertz CT molecular complexity index is 1070. The molecule has 1 N–H and O–H groups in total. The van der Waals surface area contributed by atoms with Crippen molar-refractivity contribution in [3.05, 3.63) is 65.6 Å². The maximum Gasteiger partial charge on any atom is 0.289 e. The van der Waals surface area contributed by atoms with E-state index < -0.39 is 5.82 Å². The summed E-state index contributed by atoms with van der Waals surface area (Å²) >= 11 is 0. The fourth-order valence-electron chi connectivity index (χ4n) is 3.77. The Balaban J connectivity index is 1.37. The Hall–Kier alpha value is -3.42. The number of anilines is 1. The molecule has 1 saturated heterocycles. The molecule has 7 nitrogen and oxygen atoms in total. The number of piperidine rings is 1. The van der Waals surface area contributed by atoms with Gasteiger partial charge < -0.3 is 14.6 Å². The maximum absolute atomic E-state index is 14.6. The molecule has 1 aliphatic heterocycles. The number of nitrogens with one attached hydrogen (secondary N) is 1. The number of nitrogens with zero attached hydrogens (tertiary/aromatic N) is 3. The highest BCUT2D eigenvalue weighted by Gasteiger charge is 2.29. The monoisotopic (exact) mass is 410 g/mol. The number of amides is 2. The van der Waals surface area contributed by atoms with E-state index >= 15 is 0 Å². The van der Waals surface area contributed by atoms with Crippen LogP contribution in [0.1, 0.15) is 34.8 Å². The van der Waals surface area contributed by atoms with Crippen molar-refractivity contribution in [1.82, 2.24) is 14.7 Å². The average molecular weight is 410 g/mol. The van der Waals surface area contributed by atoms with Crippen molar-refractivity contribution in [2.45, 2.75) is 26.7 Å². The van der Waals surface area contributed by atoms with E-state index in [-0.39, 0.29) is 17.7 Å². The first kappa shape index (κ1) is 19.9. The lowest BCUT2D eigenvalue weighted by Gasteiger charge is -2.30. The molecule has 1 aliphatic rings. The van der Waals surface area contributed by atoms with Gasteiger partial charge in [-0.05, 0) is 63.1 Å². The van der Waals surface area contributed by atoms with E-state index in [2.05, 4.69) is 10.4 Å². The molecule has 30 heavy (non-hydrogen) atoms. The molecule has 1 aromatic carbocycles. The number of hydrogen-bond acceptors (Lipinski definition) is 4. The third-order valence-electron chi connectivity index (χ3n) is 5.34. The molecule has 0 bridgehead atoms. The number of carbonyl (C=O) groups is 2. The highest BCUT2D eigenvalue weighted by atomic mass is 19.1. The van der Waals surface area contributed by atoms with Crippen LogP contribution in [0, 0.1) is 25.6 Å². The maximum atomic E-state index is 14.6. The van der Waals surface area contributed by atoms with Crippen LogP contribution < -0.4 is 5.32 Å². The largest absolute Gasteiger partial charge is 0.459 e. The molecular formula is C22H23FN4O3. The third kappa shape index (κ3) is 3.98. The molecule has 1 fully saturated rings. The first-order valence-electron chi connectivity index (χ1n) is 9.89. The number of aryl methyl sites for hydroxylation is 2. The molecule has 8 heteroatoms. The number of aromatic nitrogens is 2. The number of hydrogen-bond donors (Lipinski definition) is 1. The highest BCUT2D eigenvalue weighted by molar-refractivity contribution is 5.94. The summed E-state index contributed by atoms with van der Waals surface area (Å²) in [6, 6.07) is 9.76. The van der Waals surface area contributed by atoms with Crippen LogP contribution in [-0.4, -0.2) is 39.6 Å².